The number of hydrogen-bond acceptors (Lipinski definition) is 10. The molecule has 2 N–H and O–H groups in total. The van der Waals surface area contributed by atoms with E-state index in [9.17, 15) is 24.3 Å². The lowest BCUT2D eigenvalue weighted by atomic mass is 9.85. The molecule has 0 aliphatic carbocycles. The molecule has 55 heavy (non-hydrogen) atoms. The van der Waals surface area contributed by atoms with Crippen LogP contribution < -0.4 is 25.2 Å². The number of amides is 2. The average Bonchev–Trinajstić information content (AvgIpc) is 3.17. The summed E-state index contributed by atoms with van der Waals surface area (Å²) < 4.78 is 13.5. The number of imide groups is 1. The van der Waals surface area contributed by atoms with Gasteiger partial charge in [-0.25, -0.2) is 4.98 Å². The third-order valence-electron chi connectivity index (χ3n) is 11.3. The number of rotatable bonds is 10. The monoisotopic (exact) mass is 751 g/mol. The highest BCUT2D eigenvalue weighted by Gasteiger charge is 2.26. The van der Waals surface area contributed by atoms with Crippen molar-refractivity contribution < 1.29 is 29.0 Å². The minimum atomic E-state index is -0.639. The van der Waals surface area contributed by atoms with Crippen LogP contribution in [0, 0.1) is 5.92 Å². The number of likely N-dealkylation sites (tertiary alicyclic amines) is 1. The Labute approximate surface area is 322 Å². The molecule has 2 unspecified atom stereocenters. The molecule has 12 nitrogen and oxygen atoms in total. The number of hydrogen-bond donors (Lipinski definition) is 2. The molecule has 0 bridgehead atoms. The van der Waals surface area contributed by atoms with Crippen LogP contribution in [0.5, 0.6) is 11.5 Å². The molecule has 2 aromatic heterocycles. The SMILES string of the molecule is CC1CCC(=O)NC1=O.CCC(O)c1cc(C2CCN(Cc3c(OC)cc(-c4cn(C)c(=O)c5cnc(N6CCC6)cc45)cc3OC)CC2)ccc1C(C)=O. The minimum absolute atomic E-state index is 0.0164. The molecule has 5 heterocycles. The van der Waals surface area contributed by atoms with E-state index in [4.69, 9.17) is 9.47 Å². The first-order chi connectivity index (χ1) is 26.4. The number of aryl methyl sites for hydroxylation is 1. The van der Waals surface area contributed by atoms with Crippen LogP contribution in [0.15, 0.2) is 53.6 Å². The van der Waals surface area contributed by atoms with Crippen molar-refractivity contribution >= 4 is 34.2 Å². The van der Waals surface area contributed by atoms with Crippen LogP contribution in [-0.4, -0.2) is 77.6 Å². The molecule has 0 radical (unpaired) electrons. The maximum atomic E-state index is 13.0. The summed E-state index contributed by atoms with van der Waals surface area (Å²) >= 11 is 0. The fraction of sp³-hybridized carbons (Fsp3) is 0.465. The number of benzene rings is 2. The number of aromatic nitrogens is 2. The van der Waals surface area contributed by atoms with Crippen molar-refractivity contribution in [3.05, 3.63) is 81.4 Å². The van der Waals surface area contributed by atoms with Gasteiger partial charge in [0.05, 0.1) is 31.3 Å². The number of aliphatic hydroxyl groups is 1. The van der Waals surface area contributed by atoms with Gasteiger partial charge in [-0.1, -0.05) is 32.0 Å². The minimum Gasteiger partial charge on any atom is -0.496 e. The van der Waals surface area contributed by atoms with Crippen LogP contribution >= 0.6 is 0 Å². The first-order valence-electron chi connectivity index (χ1n) is 19.3. The number of piperidine rings is 2. The number of fused-ring (bicyclic) bond motifs is 1. The van der Waals surface area contributed by atoms with Crippen LogP contribution in [0.1, 0.15) is 98.4 Å². The van der Waals surface area contributed by atoms with Crippen LogP contribution in [0.2, 0.25) is 0 Å². The van der Waals surface area contributed by atoms with E-state index >= 15 is 0 Å². The van der Waals surface area contributed by atoms with E-state index in [0.29, 0.717) is 42.7 Å². The largest absolute Gasteiger partial charge is 0.496 e. The molecule has 7 rings (SSSR count). The predicted molar refractivity (Wildman–Crippen MR) is 213 cm³/mol. The van der Waals surface area contributed by atoms with Crippen LogP contribution in [0.4, 0.5) is 5.82 Å². The Morgan fingerprint density at radius 1 is 0.982 bits per heavy atom. The summed E-state index contributed by atoms with van der Waals surface area (Å²) in [5.41, 5.74) is 5.28. The molecular weight excluding hydrogens is 699 g/mol. The summed E-state index contributed by atoms with van der Waals surface area (Å²) in [4.78, 5) is 55.6. The molecule has 292 valence electrons. The van der Waals surface area contributed by atoms with Crippen molar-refractivity contribution in [2.24, 2.45) is 13.0 Å². The van der Waals surface area contributed by atoms with Crippen LogP contribution in [0.3, 0.4) is 0 Å². The lowest BCUT2D eigenvalue weighted by Crippen LogP contribution is -2.39. The van der Waals surface area contributed by atoms with Crippen molar-refractivity contribution in [1.29, 1.82) is 0 Å². The second-order valence-electron chi connectivity index (χ2n) is 15.0. The first-order valence-corrected chi connectivity index (χ1v) is 19.3. The van der Waals surface area contributed by atoms with Gasteiger partial charge >= 0.3 is 0 Å². The number of ketones is 1. The van der Waals surface area contributed by atoms with Gasteiger partial charge < -0.3 is 24.0 Å². The fourth-order valence-electron chi connectivity index (χ4n) is 7.69. The Balaban J connectivity index is 0.000000502. The van der Waals surface area contributed by atoms with Gasteiger partial charge in [0, 0.05) is 67.9 Å². The summed E-state index contributed by atoms with van der Waals surface area (Å²) in [5.74, 6) is 2.46. The third kappa shape index (κ3) is 8.60. The molecule has 2 atom stereocenters. The van der Waals surface area contributed by atoms with Gasteiger partial charge in [-0.15, -0.1) is 0 Å². The van der Waals surface area contributed by atoms with Gasteiger partial charge in [-0.3, -0.25) is 29.4 Å². The average molecular weight is 752 g/mol. The zero-order chi connectivity index (χ0) is 39.4. The number of pyridine rings is 2. The third-order valence-corrected chi connectivity index (χ3v) is 11.3. The van der Waals surface area contributed by atoms with Crippen LogP contribution in [0.25, 0.3) is 21.9 Å². The highest BCUT2D eigenvalue weighted by molar-refractivity contribution is 5.99. The molecule has 2 aromatic carbocycles. The Morgan fingerprint density at radius 2 is 1.67 bits per heavy atom. The van der Waals surface area contributed by atoms with Gasteiger partial charge in [-0.2, -0.15) is 0 Å². The molecule has 0 spiro atoms. The molecule has 4 aromatic rings. The van der Waals surface area contributed by atoms with E-state index in [1.807, 2.05) is 50.4 Å². The maximum absolute atomic E-state index is 13.0. The van der Waals surface area contributed by atoms with Gasteiger partial charge in [0.25, 0.3) is 5.56 Å². The first kappa shape index (κ1) is 39.6. The van der Waals surface area contributed by atoms with E-state index in [1.54, 1.807) is 39.0 Å². The highest BCUT2D eigenvalue weighted by atomic mass is 16.5. The molecular formula is C43H53N5O7. The molecule has 0 saturated carbocycles. The number of methoxy groups -OCH3 is 2. The number of Topliss-reactive ketones (excluding diaryl/α,β-unsaturated/α-hetero) is 1. The standard InChI is InChI=1S/C37H44N4O5.C6H9NO2/c1-6-33(43)29-16-25(8-9-27(29)23(2)42)24-10-14-40(15-11-24)22-32-34(45-4)17-26(18-35(32)46-5)31-21-39(3)37(44)30-20-38-36(19-28(30)31)41-12-7-13-41;1-4-2-3-5(8)7-6(4)9/h8-9,16-21,24,33,43H,6-7,10-15,22H2,1-5H3;4H,2-3H2,1H3,(H,7,8,9). The van der Waals surface area contributed by atoms with E-state index in [-0.39, 0.29) is 29.1 Å². The smallest absolute Gasteiger partial charge is 0.259 e. The number of anilines is 1. The van der Waals surface area contributed by atoms with Crippen molar-refractivity contribution in [3.8, 4) is 22.6 Å². The Bertz CT molecular complexity index is 2110. The Hall–Kier alpha value is -5.07. The number of aliphatic hydroxyl groups excluding tert-OH is 1. The second kappa shape index (κ2) is 17.2. The fourth-order valence-corrected chi connectivity index (χ4v) is 7.69. The molecule has 3 fully saturated rings. The van der Waals surface area contributed by atoms with E-state index in [1.165, 1.54) is 5.56 Å². The van der Waals surface area contributed by atoms with Crippen LogP contribution in [-0.2, 0) is 23.2 Å². The summed E-state index contributed by atoms with van der Waals surface area (Å²) in [7, 11) is 5.14. The molecule has 3 aliphatic heterocycles. The van der Waals surface area contributed by atoms with Crippen molar-refractivity contribution in [3.63, 3.8) is 0 Å². The highest BCUT2D eigenvalue weighted by Crippen LogP contribution is 2.40. The van der Waals surface area contributed by atoms with E-state index in [2.05, 4.69) is 26.2 Å². The predicted octanol–water partition coefficient (Wildman–Crippen LogP) is 5.91. The molecule has 3 saturated heterocycles. The zero-order valence-corrected chi connectivity index (χ0v) is 32.8. The number of nitrogens with one attached hydrogen (secondary N) is 1. The number of carbonyl (C=O) groups is 3. The van der Waals surface area contributed by atoms with E-state index in [0.717, 1.165) is 90.4 Å². The molecule has 12 heteroatoms. The number of nitrogens with zero attached hydrogens (tertiary/aromatic N) is 4. The lowest BCUT2D eigenvalue weighted by molar-refractivity contribution is -0.135. The van der Waals surface area contributed by atoms with Gasteiger partial charge in [0.15, 0.2) is 5.78 Å². The van der Waals surface area contributed by atoms with Crippen molar-refractivity contribution in [1.82, 2.24) is 19.8 Å². The van der Waals surface area contributed by atoms with Crippen molar-refractivity contribution in [2.45, 2.75) is 77.9 Å². The zero-order valence-electron chi connectivity index (χ0n) is 32.8. The lowest BCUT2D eigenvalue weighted by Gasteiger charge is -2.33. The number of ether oxygens (including phenoxy) is 2. The topological polar surface area (TPSA) is 143 Å². The summed E-state index contributed by atoms with van der Waals surface area (Å²) in [5, 5.41) is 14.3. The summed E-state index contributed by atoms with van der Waals surface area (Å²) in [6, 6.07) is 12.1. The van der Waals surface area contributed by atoms with Gasteiger partial charge in [0.2, 0.25) is 11.8 Å². The van der Waals surface area contributed by atoms with Gasteiger partial charge in [0.1, 0.15) is 17.3 Å². The molecule has 3 aliphatic rings. The van der Waals surface area contributed by atoms with Crippen molar-refractivity contribution in [2.75, 3.05) is 45.3 Å². The summed E-state index contributed by atoms with van der Waals surface area (Å²) in [6.07, 6.45) is 7.80. The second-order valence-corrected chi connectivity index (χ2v) is 15.0. The Kier molecular flexibility index (Phi) is 12.4. The van der Waals surface area contributed by atoms with Gasteiger partial charge in [-0.05, 0) is 92.9 Å². The number of carbonyl (C=O) groups excluding carboxylic acids is 3. The summed E-state index contributed by atoms with van der Waals surface area (Å²) in [6.45, 7) is 9.73. The molecule has 2 amide bonds. The maximum Gasteiger partial charge on any atom is 0.259 e. The Morgan fingerprint density at radius 3 is 2.24 bits per heavy atom. The normalized spacial score (nSPS) is 18.2. The van der Waals surface area contributed by atoms with E-state index < -0.39 is 6.10 Å². The quantitative estimate of drug-likeness (QED) is 0.148.